The van der Waals surface area contributed by atoms with E-state index >= 15 is 0 Å². The second kappa shape index (κ2) is 8.53. The quantitative estimate of drug-likeness (QED) is 0.525. The Balaban J connectivity index is 1.95. The van der Waals surface area contributed by atoms with Gasteiger partial charge in [0.2, 0.25) is 11.8 Å². The number of nitrogens with one attached hydrogen (secondary N) is 1. The molecule has 32 heavy (non-hydrogen) atoms. The average Bonchev–Trinajstić information content (AvgIpc) is 3.06. The number of carbonyl (C=O) groups is 1. The molecule has 0 saturated carbocycles. The summed E-state index contributed by atoms with van der Waals surface area (Å²) in [5.41, 5.74) is -1.89. The SMILES string of the molecule is Cn1ncnc1NC(=O)c1cc(C(F)(F)F)cnc1Oc1ccc(OC(F)(F)F)cc1Cl. The molecule has 0 aliphatic carbocycles. The summed E-state index contributed by atoms with van der Waals surface area (Å²) in [5.74, 6) is -2.69. The van der Waals surface area contributed by atoms with E-state index in [0.717, 1.165) is 29.2 Å². The van der Waals surface area contributed by atoms with Gasteiger partial charge < -0.3 is 9.47 Å². The lowest BCUT2D eigenvalue weighted by atomic mass is 10.1. The van der Waals surface area contributed by atoms with Crippen LogP contribution in [0.3, 0.4) is 0 Å². The third-order valence-electron chi connectivity index (χ3n) is 3.70. The third-order valence-corrected chi connectivity index (χ3v) is 4.00. The highest BCUT2D eigenvalue weighted by Gasteiger charge is 2.34. The molecule has 0 atom stereocenters. The molecule has 0 spiro atoms. The molecule has 0 bridgehead atoms. The number of benzene rings is 1. The van der Waals surface area contributed by atoms with Crippen LogP contribution in [0.4, 0.5) is 32.3 Å². The van der Waals surface area contributed by atoms with Gasteiger partial charge in [0.1, 0.15) is 23.4 Å². The topological polar surface area (TPSA) is 91.2 Å². The van der Waals surface area contributed by atoms with Gasteiger partial charge in [0.15, 0.2) is 0 Å². The molecular weight excluding hydrogens is 472 g/mol. The maximum Gasteiger partial charge on any atom is 0.573 e. The number of amides is 1. The minimum absolute atomic E-state index is 0.0787. The van der Waals surface area contributed by atoms with E-state index in [1.54, 1.807) is 0 Å². The average molecular weight is 482 g/mol. The van der Waals surface area contributed by atoms with Gasteiger partial charge in [0, 0.05) is 19.3 Å². The summed E-state index contributed by atoms with van der Waals surface area (Å²) in [6.45, 7) is 0. The molecule has 0 aliphatic rings. The third kappa shape index (κ3) is 5.57. The first-order chi connectivity index (χ1) is 14.8. The Hall–Kier alpha value is -3.55. The number of aromatic nitrogens is 4. The molecule has 170 valence electrons. The van der Waals surface area contributed by atoms with Crippen LogP contribution in [0.2, 0.25) is 5.02 Å². The first-order valence-electron chi connectivity index (χ1n) is 8.29. The van der Waals surface area contributed by atoms with Gasteiger partial charge in [-0.2, -0.15) is 23.3 Å². The number of hydrogen-bond donors (Lipinski definition) is 1. The Morgan fingerprint density at radius 1 is 1.12 bits per heavy atom. The largest absolute Gasteiger partial charge is 0.573 e. The lowest BCUT2D eigenvalue weighted by Crippen LogP contribution is -2.18. The van der Waals surface area contributed by atoms with Crippen LogP contribution in [0.1, 0.15) is 15.9 Å². The van der Waals surface area contributed by atoms with Crippen LogP contribution in [0.5, 0.6) is 17.4 Å². The Labute approximate surface area is 179 Å². The number of halogens is 7. The molecule has 3 rings (SSSR count). The van der Waals surface area contributed by atoms with Gasteiger partial charge in [0.05, 0.1) is 10.6 Å². The maximum atomic E-state index is 13.1. The number of anilines is 1. The van der Waals surface area contributed by atoms with E-state index in [4.69, 9.17) is 16.3 Å². The van der Waals surface area contributed by atoms with Crippen molar-refractivity contribution in [3.63, 3.8) is 0 Å². The Morgan fingerprint density at radius 3 is 2.41 bits per heavy atom. The summed E-state index contributed by atoms with van der Waals surface area (Å²) in [7, 11) is 1.43. The summed E-state index contributed by atoms with van der Waals surface area (Å²) in [6, 6.07) is 3.09. The molecule has 1 N–H and O–H groups in total. The van der Waals surface area contributed by atoms with Crippen molar-refractivity contribution in [2.75, 3.05) is 5.32 Å². The van der Waals surface area contributed by atoms with Crippen LogP contribution in [0.15, 0.2) is 36.8 Å². The van der Waals surface area contributed by atoms with Crippen LogP contribution >= 0.6 is 11.6 Å². The zero-order valence-corrected chi connectivity index (χ0v) is 16.4. The molecule has 0 aliphatic heterocycles. The van der Waals surface area contributed by atoms with Crippen LogP contribution in [0, 0.1) is 0 Å². The molecule has 8 nitrogen and oxygen atoms in total. The molecule has 0 unspecified atom stereocenters. The van der Waals surface area contributed by atoms with Crippen LogP contribution in [-0.4, -0.2) is 32.0 Å². The molecule has 2 aromatic heterocycles. The number of carbonyl (C=O) groups excluding carboxylic acids is 1. The fraction of sp³-hybridized carbons (Fsp3) is 0.176. The molecule has 0 fully saturated rings. The second-order valence-electron chi connectivity index (χ2n) is 5.98. The number of hydrogen-bond acceptors (Lipinski definition) is 6. The van der Waals surface area contributed by atoms with Gasteiger partial charge >= 0.3 is 12.5 Å². The van der Waals surface area contributed by atoms with Crippen molar-refractivity contribution in [1.29, 1.82) is 0 Å². The van der Waals surface area contributed by atoms with Crippen molar-refractivity contribution in [2.24, 2.45) is 7.05 Å². The Morgan fingerprint density at radius 2 is 1.84 bits per heavy atom. The highest BCUT2D eigenvalue weighted by Crippen LogP contribution is 2.36. The van der Waals surface area contributed by atoms with Crippen molar-refractivity contribution in [3.8, 4) is 17.4 Å². The monoisotopic (exact) mass is 481 g/mol. The summed E-state index contributed by atoms with van der Waals surface area (Å²) in [6.07, 6.45) is -8.27. The van der Waals surface area contributed by atoms with Gasteiger partial charge in [-0.05, 0) is 18.2 Å². The molecule has 0 radical (unpaired) electrons. The van der Waals surface area contributed by atoms with Crippen molar-refractivity contribution in [3.05, 3.63) is 52.9 Å². The van der Waals surface area contributed by atoms with Gasteiger partial charge in [-0.1, -0.05) is 11.6 Å². The van der Waals surface area contributed by atoms with E-state index in [9.17, 15) is 31.1 Å². The van der Waals surface area contributed by atoms with E-state index in [0.29, 0.717) is 12.3 Å². The molecular formula is C17H10ClF6N5O3. The summed E-state index contributed by atoms with van der Waals surface area (Å²) in [5, 5.41) is 5.57. The fourth-order valence-electron chi connectivity index (χ4n) is 2.30. The van der Waals surface area contributed by atoms with Crippen LogP contribution < -0.4 is 14.8 Å². The Kier molecular flexibility index (Phi) is 6.16. The van der Waals surface area contributed by atoms with Crippen molar-refractivity contribution >= 4 is 23.5 Å². The number of nitrogens with zero attached hydrogens (tertiary/aromatic N) is 4. The van der Waals surface area contributed by atoms with E-state index in [1.165, 1.54) is 7.05 Å². The van der Waals surface area contributed by atoms with Gasteiger partial charge in [-0.15, -0.1) is 13.2 Å². The summed E-state index contributed by atoms with van der Waals surface area (Å²) >= 11 is 5.88. The molecule has 1 aromatic carbocycles. The zero-order chi connectivity index (χ0) is 23.7. The van der Waals surface area contributed by atoms with Crippen molar-refractivity contribution < 1.29 is 40.6 Å². The van der Waals surface area contributed by atoms with Crippen molar-refractivity contribution in [2.45, 2.75) is 12.5 Å². The number of aryl methyl sites for hydroxylation is 1. The van der Waals surface area contributed by atoms with E-state index in [1.807, 2.05) is 0 Å². The Bertz CT molecular complexity index is 1150. The predicted molar refractivity (Wildman–Crippen MR) is 96.4 cm³/mol. The number of pyridine rings is 1. The van der Waals surface area contributed by atoms with E-state index in [-0.39, 0.29) is 16.7 Å². The fourth-order valence-corrected chi connectivity index (χ4v) is 2.50. The normalized spacial score (nSPS) is 11.9. The smallest absolute Gasteiger partial charge is 0.437 e. The minimum atomic E-state index is -4.97. The molecule has 2 heterocycles. The minimum Gasteiger partial charge on any atom is -0.437 e. The first kappa shape index (κ1) is 23.1. The molecule has 0 saturated heterocycles. The lowest BCUT2D eigenvalue weighted by molar-refractivity contribution is -0.274. The molecule has 1 amide bonds. The maximum absolute atomic E-state index is 13.1. The highest BCUT2D eigenvalue weighted by atomic mass is 35.5. The number of ether oxygens (including phenoxy) is 2. The van der Waals surface area contributed by atoms with Gasteiger partial charge in [-0.3, -0.25) is 10.1 Å². The number of rotatable bonds is 5. The zero-order valence-electron chi connectivity index (χ0n) is 15.6. The van der Waals surface area contributed by atoms with Crippen LogP contribution in [-0.2, 0) is 13.2 Å². The molecule has 3 aromatic rings. The lowest BCUT2D eigenvalue weighted by Gasteiger charge is -2.14. The first-order valence-corrected chi connectivity index (χ1v) is 8.67. The number of alkyl halides is 6. The summed E-state index contributed by atoms with van der Waals surface area (Å²) in [4.78, 5) is 19.8. The van der Waals surface area contributed by atoms with Gasteiger partial charge in [0.25, 0.3) is 5.91 Å². The van der Waals surface area contributed by atoms with Gasteiger partial charge in [-0.25, -0.2) is 9.67 Å². The summed E-state index contributed by atoms with van der Waals surface area (Å²) < 4.78 is 86.5. The predicted octanol–water partition coefficient (Wildman–Crippen LogP) is 4.83. The van der Waals surface area contributed by atoms with E-state index < -0.39 is 41.2 Å². The van der Waals surface area contributed by atoms with Crippen LogP contribution in [0.25, 0.3) is 0 Å². The second-order valence-corrected chi connectivity index (χ2v) is 6.39. The van der Waals surface area contributed by atoms with Crippen molar-refractivity contribution in [1.82, 2.24) is 19.7 Å². The standard InChI is InChI=1S/C17H10ClF6N5O3/c1-29-15(26-7-27-29)28-13(30)10-4-8(16(19,20)21)6-25-14(10)31-12-3-2-9(5-11(12)18)32-17(22,23)24/h2-7H,1H3,(H,26,27,28,30). The highest BCUT2D eigenvalue weighted by molar-refractivity contribution is 6.32. The van der Waals surface area contributed by atoms with E-state index in [2.05, 4.69) is 25.1 Å². The molecule has 15 heteroatoms.